The molecule has 1 heterocycles. The number of aryl methyl sites for hydroxylation is 1. The fourth-order valence-corrected chi connectivity index (χ4v) is 1.52. The van der Waals surface area contributed by atoms with Crippen molar-refractivity contribution in [3.05, 3.63) is 40.1 Å². The fraction of sp³-hybridized carbons (Fsp3) is 0.250. The van der Waals surface area contributed by atoms with Crippen LogP contribution in [0.3, 0.4) is 0 Å². The summed E-state index contributed by atoms with van der Waals surface area (Å²) in [5, 5.41) is 0.359. The standard InChI is InChI=1S/C12H11NO4/c1-3-16-12(15)10-13-9-7(2)5-4-6-8(9)11(14)17-10/h4-6H,3H2,1-2H3. The minimum atomic E-state index is -0.727. The fourth-order valence-electron chi connectivity index (χ4n) is 1.52. The maximum Gasteiger partial charge on any atom is 0.394 e. The average Bonchev–Trinajstić information content (AvgIpc) is 2.30. The maximum absolute atomic E-state index is 11.6. The molecular formula is C12H11NO4. The van der Waals surface area contributed by atoms with Crippen LogP contribution in [0.1, 0.15) is 23.2 Å². The van der Waals surface area contributed by atoms with Crippen LogP contribution in [0.4, 0.5) is 0 Å². The van der Waals surface area contributed by atoms with Gasteiger partial charge in [0, 0.05) is 0 Å². The van der Waals surface area contributed by atoms with E-state index >= 15 is 0 Å². The molecule has 0 spiro atoms. The molecule has 0 saturated carbocycles. The Morgan fingerprint density at radius 3 is 2.94 bits per heavy atom. The van der Waals surface area contributed by atoms with Gasteiger partial charge >= 0.3 is 17.5 Å². The number of benzene rings is 1. The molecule has 0 atom stereocenters. The molecular weight excluding hydrogens is 222 g/mol. The minimum absolute atomic E-state index is 0.204. The van der Waals surface area contributed by atoms with E-state index in [0.717, 1.165) is 5.56 Å². The van der Waals surface area contributed by atoms with E-state index in [0.29, 0.717) is 10.9 Å². The third-order valence-electron chi connectivity index (χ3n) is 2.31. The Balaban J connectivity index is 2.66. The van der Waals surface area contributed by atoms with Crippen LogP contribution in [0.25, 0.3) is 10.9 Å². The number of carbonyl (C=O) groups is 1. The topological polar surface area (TPSA) is 69.4 Å². The van der Waals surface area contributed by atoms with E-state index in [1.807, 2.05) is 13.0 Å². The largest absolute Gasteiger partial charge is 0.459 e. The number of carbonyl (C=O) groups excluding carboxylic acids is 1. The highest BCUT2D eigenvalue weighted by molar-refractivity contribution is 5.88. The third kappa shape index (κ3) is 2.04. The zero-order chi connectivity index (χ0) is 12.4. The molecule has 2 rings (SSSR count). The molecule has 0 N–H and O–H groups in total. The first-order valence-corrected chi connectivity index (χ1v) is 5.21. The summed E-state index contributed by atoms with van der Waals surface area (Å²) in [5.41, 5.74) is 0.689. The predicted molar refractivity (Wildman–Crippen MR) is 61.0 cm³/mol. The van der Waals surface area contributed by atoms with Crippen molar-refractivity contribution in [1.29, 1.82) is 0 Å². The number of rotatable bonds is 2. The SMILES string of the molecule is CCOC(=O)c1nc2c(C)cccc2c(=O)o1. The molecule has 88 valence electrons. The van der Waals surface area contributed by atoms with Crippen molar-refractivity contribution < 1.29 is 13.9 Å². The van der Waals surface area contributed by atoms with Crippen molar-refractivity contribution in [3.63, 3.8) is 0 Å². The van der Waals surface area contributed by atoms with Crippen LogP contribution < -0.4 is 5.63 Å². The molecule has 17 heavy (non-hydrogen) atoms. The first-order valence-electron chi connectivity index (χ1n) is 5.21. The van der Waals surface area contributed by atoms with Crippen LogP contribution in [0, 0.1) is 6.92 Å². The van der Waals surface area contributed by atoms with E-state index in [2.05, 4.69) is 4.98 Å². The van der Waals surface area contributed by atoms with Gasteiger partial charge in [-0.1, -0.05) is 12.1 Å². The molecule has 0 unspecified atom stereocenters. The van der Waals surface area contributed by atoms with Gasteiger partial charge in [0.1, 0.15) is 0 Å². The maximum atomic E-state index is 11.6. The number of hydrogen-bond donors (Lipinski definition) is 0. The second-order valence-corrected chi connectivity index (χ2v) is 3.50. The molecule has 0 radical (unpaired) electrons. The molecule has 0 bridgehead atoms. The Hall–Kier alpha value is -2.17. The second kappa shape index (κ2) is 4.37. The minimum Gasteiger partial charge on any atom is -0.459 e. The lowest BCUT2D eigenvalue weighted by atomic mass is 10.1. The van der Waals surface area contributed by atoms with Crippen LogP contribution in [0.15, 0.2) is 27.4 Å². The Bertz CT molecular complexity index is 630. The van der Waals surface area contributed by atoms with Crippen LogP contribution in [0.2, 0.25) is 0 Å². The van der Waals surface area contributed by atoms with Gasteiger partial charge in [-0.05, 0) is 25.5 Å². The van der Waals surface area contributed by atoms with Crippen LogP contribution in [0.5, 0.6) is 0 Å². The van der Waals surface area contributed by atoms with E-state index < -0.39 is 11.6 Å². The van der Waals surface area contributed by atoms with Gasteiger partial charge in [-0.15, -0.1) is 0 Å². The molecule has 5 heteroatoms. The van der Waals surface area contributed by atoms with E-state index in [1.54, 1.807) is 19.1 Å². The number of ether oxygens (including phenoxy) is 1. The summed E-state index contributed by atoms with van der Waals surface area (Å²) in [5.74, 6) is -1.03. The van der Waals surface area contributed by atoms with Crippen LogP contribution in [-0.4, -0.2) is 17.6 Å². The van der Waals surface area contributed by atoms with E-state index in [4.69, 9.17) is 9.15 Å². The van der Waals surface area contributed by atoms with Gasteiger partial charge in [0.05, 0.1) is 17.5 Å². The van der Waals surface area contributed by atoms with Gasteiger partial charge in [-0.2, -0.15) is 0 Å². The number of para-hydroxylation sites is 1. The number of aromatic nitrogens is 1. The Morgan fingerprint density at radius 2 is 2.24 bits per heavy atom. The number of esters is 1. The zero-order valence-electron chi connectivity index (χ0n) is 9.52. The lowest BCUT2D eigenvalue weighted by Gasteiger charge is -2.02. The summed E-state index contributed by atoms with van der Waals surface area (Å²) in [7, 11) is 0. The smallest absolute Gasteiger partial charge is 0.394 e. The summed E-state index contributed by atoms with van der Waals surface area (Å²) >= 11 is 0. The number of fused-ring (bicyclic) bond motifs is 1. The Kier molecular flexibility index (Phi) is 2.91. The highest BCUT2D eigenvalue weighted by Crippen LogP contribution is 2.13. The number of nitrogens with zero attached hydrogens (tertiary/aromatic N) is 1. The van der Waals surface area contributed by atoms with E-state index in [1.165, 1.54) is 0 Å². The summed E-state index contributed by atoms with van der Waals surface area (Å²) in [6.07, 6.45) is 0. The van der Waals surface area contributed by atoms with Gasteiger partial charge in [0.15, 0.2) is 0 Å². The van der Waals surface area contributed by atoms with Crippen molar-refractivity contribution in [2.75, 3.05) is 6.61 Å². The van der Waals surface area contributed by atoms with Crippen molar-refractivity contribution in [2.24, 2.45) is 0 Å². The predicted octanol–water partition coefficient (Wildman–Crippen LogP) is 1.67. The van der Waals surface area contributed by atoms with Gasteiger partial charge in [0.2, 0.25) is 0 Å². The Labute approximate surface area is 97.0 Å². The lowest BCUT2D eigenvalue weighted by molar-refractivity contribution is 0.0474. The summed E-state index contributed by atoms with van der Waals surface area (Å²) in [6, 6.07) is 5.15. The van der Waals surface area contributed by atoms with Crippen molar-refractivity contribution in [2.45, 2.75) is 13.8 Å². The van der Waals surface area contributed by atoms with Crippen molar-refractivity contribution in [3.8, 4) is 0 Å². The van der Waals surface area contributed by atoms with Gasteiger partial charge < -0.3 is 9.15 Å². The van der Waals surface area contributed by atoms with Crippen LogP contribution >= 0.6 is 0 Å². The molecule has 0 amide bonds. The first kappa shape index (κ1) is 11.3. The molecule has 0 saturated heterocycles. The van der Waals surface area contributed by atoms with E-state index in [9.17, 15) is 9.59 Å². The second-order valence-electron chi connectivity index (χ2n) is 3.50. The molecule has 0 aliphatic rings. The first-order chi connectivity index (χ1) is 8.13. The lowest BCUT2D eigenvalue weighted by Crippen LogP contribution is -2.13. The summed E-state index contributed by atoms with van der Waals surface area (Å²) < 4.78 is 9.56. The highest BCUT2D eigenvalue weighted by atomic mass is 16.5. The molecule has 0 aliphatic heterocycles. The van der Waals surface area contributed by atoms with Crippen molar-refractivity contribution in [1.82, 2.24) is 4.98 Å². The molecule has 1 aromatic heterocycles. The normalized spacial score (nSPS) is 10.5. The quantitative estimate of drug-likeness (QED) is 0.738. The van der Waals surface area contributed by atoms with Gasteiger partial charge in [-0.3, -0.25) is 0 Å². The summed E-state index contributed by atoms with van der Waals surface area (Å²) in [4.78, 5) is 27.1. The van der Waals surface area contributed by atoms with Gasteiger partial charge in [0.25, 0.3) is 0 Å². The van der Waals surface area contributed by atoms with Crippen molar-refractivity contribution >= 4 is 16.9 Å². The molecule has 0 fully saturated rings. The monoisotopic (exact) mass is 233 g/mol. The highest BCUT2D eigenvalue weighted by Gasteiger charge is 2.15. The number of hydrogen-bond acceptors (Lipinski definition) is 5. The molecule has 5 nitrogen and oxygen atoms in total. The molecule has 1 aromatic carbocycles. The zero-order valence-corrected chi connectivity index (χ0v) is 9.52. The van der Waals surface area contributed by atoms with E-state index in [-0.39, 0.29) is 12.5 Å². The summed E-state index contributed by atoms with van der Waals surface area (Å²) in [6.45, 7) is 3.68. The third-order valence-corrected chi connectivity index (χ3v) is 2.31. The van der Waals surface area contributed by atoms with Crippen LogP contribution in [-0.2, 0) is 4.74 Å². The Morgan fingerprint density at radius 1 is 1.47 bits per heavy atom. The molecule has 2 aromatic rings. The van der Waals surface area contributed by atoms with Gasteiger partial charge in [-0.25, -0.2) is 14.6 Å². The molecule has 0 aliphatic carbocycles. The average molecular weight is 233 g/mol.